The van der Waals surface area contributed by atoms with Crippen LogP contribution in [-0.4, -0.2) is 43.7 Å². The molecule has 32 heavy (non-hydrogen) atoms. The number of esters is 1. The SMILES string of the molecule is COC(=O)C(=N)/C(Br)=C(\Nc1ccccc1Cl)c1nnc(-c2cccc(S(C)(=O)=O)c2)s1. The van der Waals surface area contributed by atoms with Crippen molar-refractivity contribution in [3.05, 3.63) is 63.0 Å². The number of rotatable bonds is 7. The predicted molar refractivity (Wildman–Crippen MR) is 129 cm³/mol. The molecule has 0 aliphatic heterocycles. The minimum absolute atomic E-state index is 0.0943. The van der Waals surface area contributed by atoms with Crippen LogP contribution in [0, 0.1) is 5.41 Å². The number of carbonyl (C=O) groups excluding carboxylic acids is 1. The third-order valence-corrected chi connectivity index (χ3v) is 7.33. The van der Waals surface area contributed by atoms with Gasteiger partial charge >= 0.3 is 5.97 Å². The van der Waals surface area contributed by atoms with Crippen molar-refractivity contribution in [3.8, 4) is 10.6 Å². The second kappa shape index (κ2) is 9.90. The van der Waals surface area contributed by atoms with E-state index in [1.165, 1.54) is 19.2 Å². The van der Waals surface area contributed by atoms with Crippen LogP contribution in [0.25, 0.3) is 16.3 Å². The Hall–Kier alpha value is -2.60. The Balaban J connectivity index is 2.09. The number of para-hydroxylation sites is 1. The summed E-state index contributed by atoms with van der Waals surface area (Å²) in [7, 11) is -2.22. The molecule has 0 radical (unpaired) electrons. The van der Waals surface area contributed by atoms with Crippen LogP contribution in [0.15, 0.2) is 57.9 Å². The summed E-state index contributed by atoms with van der Waals surface area (Å²) in [4.78, 5) is 12.1. The number of ether oxygens (including phenoxy) is 1. The van der Waals surface area contributed by atoms with Crippen molar-refractivity contribution in [1.29, 1.82) is 5.41 Å². The average Bonchev–Trinajstić information content (AvgIpc) is 3.26. The Kier molecular flexibility index (Phi) is 7.44. The van der Waals surface area contributed by atoms with Gasteiger partial charge in [-0.05, 0) is 40.2 Å². The Morgan fingerprint density at radius 2 is 1.91 bits per heavy atom. The zero-order valence-electron chi connectivity index (χ0n) is 16.7. The van der Waals surface area contributed by atoms with E-state index in [2.05, 4.69) is 36.2 Å². The van der Waals surface area contributed by atoms with Gasteiger partial charge in [0.2, 0.25) is 0 Å². The Bertz CT molecular complexity index is 1340. The standard InChI is InChI=1S/C20H16BrClN4O4S2/c1-30-20(27)16(23)15(21)17(24-14-9-4-3-8-13(14)22)19-26-25-18(31-19)11-6-5-7-12(10-11)32(2,28)29/h3-10,23-24H,1-2H3/b17-15+,23-16?. The smallest absolute Gasteiger partial charge is 0.357 e. The van der Waals surface area contributed by atoms with Gasteiger partial charge in [-0.2, -0.15) is 0 Å². The molecule has 0 bridgehead atoms. The van der Waals surface area contributed by atoms with E-state index in [4.69, 9.17) is 17.0 Å². The third kappa shape index (κ3) is 5.41. The van der Waals surface area contributed by atoms with Crippen molar-refractivity contribution in [1.82, 2.24) is 10.2 Å². The van der Waals surface area contributed by atoms with E-state index in [0.717, 1.165) is 17.6 Å². The molecule has 1 aromatic heterocycles. The van der Waals surface area contributed by atoms with Crippen LogP contribution in [0.3, 0.4) is 0 Å². The first-order valence-electron chi connectivity index (χ1n) is 8.84. The van der Waals surface area contributed by atoms with Crippen molar-refractivity contribution in [2.75, 3.05) is 18.7 Å². The van der Waals surface area contributed by atoms with Gasteiger partial charge in [-0.25, -0.2) is 13.2 Å². The fourth-order valence-electron chi connectivity index (χ4n) is 2.52. The quantitative estimate of drug-likeness (QED) is 0.322. The molecule has 12 heteroatoms. The maximum atomic E-state index is 11.9. The van der Waals surface area contributed by atoms with Crippen molar-refractivity contribution < 1.29 is 17.9 Å². The molecule has 2 aromatic carbocycles. The van der Waals surface area contributed by atoms with Crippen LogP contribution in [0.5, 0.6) is 0 Å². The number of aromatic nitrogens is 2. The van der Waals surface area contributed by atoms with E-state index in [0.29, 0.717) is 26.3 Å². The van der Waals surface area contributed by atoms with Crippen molar-refractivity contribution in [2.45, 2.75) is 4.90 Å². The lowest BCUT2D eigenvalue weighted by Gasteiger charge is -2.12. The van der Waals surface area contributed by atoms with Crippen molar-refractivity contribution in [2.24, 2.45) is 0 Å². The van der Waals surface area contributed by atoms with Crippen LogP contribution in [0.1, 0.15) is 5.01 Å². The summed E-state index contributed by atoms with van der Waals surface area (Å²) in [6.45, 7) is 0. The van der Waals surface area contributed by atoms with Gasteiger partial charge in [0, 0.05) is 11.8 Å². The number of carbonyl (C=O) groups is 1. The molecule has 3 aromatic rings. The molecular weight excluding hydrogens is 540 g/mol. The zero-order chi connectivity index (χ0) is 23.5. The summed E-state index contributed by atoms with van der Waals surface area (Å²) in [5.74, 6) is -0.846. The molecule has 1 heterocycles. The van der Waals surface area contributed by atoms with Gasteiger partial charge in [-0.15, -0.1) is 10.2 Å². The van der Waals surface area contributed by atoms with Crippen molar-refractivity contribution >= 4 is 71.8 Å². The zero-order valence-corrected chi connectivity index (χ0v) is 20.7. The van der Waals surface area contributed by atoms with Gasteiger partial charge in [0.15, 0.2) is 20.6 Å². The van der Waals surface area contributed by atoms with Crippen LogP contribution in [-0.2, 0) is 19.4 Å². The maximum absolute atomic E-state index is 11.9. The summed E-state index contributed by atoms with van der Waals surface area (Å²) in [6.07, 6.45) is 1.13. The van der Waals surface area contributed by atoms with E-state index < -0.39 is 21.5 Å². The number of benzene rings is 2. The fourth-order valence-corrected chi connectivity index (χ4v) is 4.79. The molecule has 0 saturated heterocycles. The summed E-state index contributed by atoms with van der Waals surface area (Å²) in [5.41, 5.74) is 0.928. The van der Waals surface area contributed by atoms with Crippen LogP contribution < -0.4 is 5.32 Å². The Morgan fingerprint density at radius 1 is 1.19 bits per heavy atom. The molecule has 0 amide bonds. The predicted octanol–water partition coefficient (Wildman–Crippen LogP) is 4.63. The molecule has 166 valence electrons. The average molecular weight is 556 g/mol. The lowest BCUT2D eigenvalue weighted by molar-refractivity contribution is -0.132. The van der Waals surface area contributed by atoms with E-state index >= 15 is 0 Å². The molecule has 0 aliphatic carbocycles. The number of nitrogens with one attached hydrogen (secondary N) is 2. The Morgan fingerprint density at radius 3 is 2.56 bits per heavy atom. The first-order chi connectivity index (χ1) is 15.1. The van der Waals surface area contributed by atoms with Gasteiger partial charge in [0.1, 0.15) is 5.01 Å². The van der Waals surface area contributed by atoms with Crippen LogP contribution in [0.2, 0.25) is 5.02 Å². The van der Waals surface area contributed by atoms with E-state index in [1.54, 1.807) is 36.4 Å². The van der Waals surface area contributed by atoms with Gasteiger partial charge in [-0.3, -0.25) is 5.41 Å². The largest absolute Gasteiger partial charge is 0.464 e. The molecular formula is C20H16BrClN4O4S2. The van der Waals surface area contributed by atoms with Gasteiger partial charge in [0.05, 0.1) is 32.9 Å². The number of anilines is 1. The molecule has 3 rings (SSSR count). The highest BCUT2D eigenvalue weighted by Gasteiger charge is 2.22. The molecule has 0 spiro atoms. The normalized spacial score (nSPS) is 12.1. The highest BCUT2D eigenvalue weighted by Crippen LogP contribution is 2.34. The minimum Gasteiger partial charge on any atom is -0.464 e. The number of sulfone groups is 1. The van der Waals surface area contributed by atoms with Crippen molar-refractivity contribution in [3.63, 3.8) is 0 Å². The molecule has 0 aliphatic rings. The molecule has 2 N–H and O–H groups in total. The highest BCUT2D eigenvalue weighted by atomic mass is 79.9. The van der Waals surface area contributed by atoms with E-state index in [9.17, 15) is 13.2 Å². The number of nitrogens with zero attached hydrogens (tertiary/aromatic N) is 2. The summed E-state index contributed by atoms with van der Waals surface area (Å²) in [6, 6.07) is 13.3. The number of hydrogen-bond acceptors (Lipinski definition) is 9. The van der Waals surface area contributed by atoms with Gasteiger partial charge in [0.25, 0.3) is 0 Å². The molecule has 0 saturated carbocycles. The lowest BCUT2D eigenvalue weighted by Crippen LogP contribution is -2.17. The number of hydrogen-bond donors (Lipinski definition) is 2. The topological polar surface area (TPSA) is 122 Å². The van der Waals surface area contributed by atoms with Gasteiger partial charge < -0.3 is 10.1 Å². The molecule has 0 unspecified atom stereocenters. The third-order valence-electron chi connectivity index (χ3n) is 4.11. The number of halogens is 2. The van der Waals surface area contributed by atoms with E-state index in [-0.39, 0.29) is 15.1 Å². The molecule has 0 atom stereocenters. The lowest BCUT2D eigenvalue weighted by atomic mass is 10.2. The molecule has 8 nitrogen and oxygen atoms in total. The first-order valence-corrected chi connectivity index (χ1v) is 12.7. The monoisotopic (exact) mass is 554 g/mol. The fraction of sp³-hybridized carbons (Fsp3) is 0.100. The van der Waals surface area contributed by atoms with Crippen LogP contribution in [0.4, 0.5) is 5.69 Å². The maximum Gasteiger partial charge on any atom is 0.357 e. The van der Waals surface area contributed by atoms with Gasteiger partial charge in [-0.1, -0.05) is 47.2 Å². The summed E-state index contributed by atoms with van der Waals surface area (Å²) in [5, 5.41) is 20.7. The Labute approximate surface area is 201 Å². The first kappa shape index (κ1) is 24.1. The second-order valence-electron chi connectivity index (χ2n) is 6.37. The van der Waals surface area contributed by atoms with E-state index in [1.807, 2.05) is 0 Å². The van der Waals surface area contributed by atoms with Crippen LogP contribution >= 0.6 is 38.9 Å². The summed E-state index contributed by atoms with van der Waals surface area (Å²) < 4.78 is 28.5. The molecule has 0 fully saturated rings. The highest BCUT2D eigenvalue weighted by molar-refractivity contribution is 9.12. The number of methoxy groups -OCH3 is 1. The summed E-state index contributed by atoms with van der Waals surface area (Å²) >= 11 is 10.7. The minimum atomic E-state index is -3.39. The second-order valence-corrected chi connectivity index (χ2v) is 10.6.